The molecule has 8 heteroatoms. The topological polar surface area (TPSA) is 51.0 Å². The highest BCUT2D eigenvalue weighted by molar-refractivity contribution is 5.79. The number of benzene rings is 1. The third-order valence-electron chi connectivity index (χ3n) is 4.16. The molecule has 0 bridgehead atoms. The average molecular weight is 380 g/mol. The normalized spacial score (nSPS) is 11.6. The van der Waals surface area contributed by atoms with Crippen LogP contribution < -0.4 is 14.8 Å². The largest absolute Gasteiger partial charge is 0.493 e. The number of hydrogen-bond acceptors (Lipinski definition) is 3. The second kappa shape index (κ2) is 9.80. The van der Waals surface area contributed by atoms with E-state index in [-0.39, 0.29) is 11.5 Å². The summed E-state index contributed by atoms with van der Waals surface area (Å²) in [6, 6.07) is 9.09. The number of ether oxygens (including phenoxy) is 2. The van der Waals surface area contributed by atoms with Crippen LogP contribution in [0.4, 0.5) is 8.78 Å². The maximum absolute atomic E-state index is 12.5. The lowest BCUT2D eigenvalue weighted by atomic mass is 10.1. The molecule has 0 aliphatic rings. The molecule has 0 atom stereocenters. The number of aryl methyl sites for hydroxylation is 1. The van der Waals surface area contributed by atoms with Gasteiger partial charge in [0, 0.05) is 39.6 Å². The highest BCUT2D eigenvalue weighted by Gasteiger charge is 2.12. The van der Waals surface area contributed by atoms with E-state index < -0.39 is 6.61 Å². The molecule has 2 aromatic rings. The first-order chi connectivity index (χ1) is 12.9. The van der Waals surface area contributed by atoms with E-state index in [1.54, 1.807) is 19.2 Å². The second-order valence-corrected chi connectivity index (χ2v) is 6.05. The van der Waals surface area contributed by atoms with Crippen molar-refractivity contribution in [2.24, 2.45) is 12.0 Å². The monoisotopic (exact) mass is 380 g/mol. The van der Waals surface area contributed by atoms with Crippen LogP contribution in [0.2, 0.25) is 0 Å². The fourth-order valence-electron chi connectivity index (χ4n) is 2.75. The highest BCUT2D eigenvalue weighted by atomic mass is 19.3. The van der Waals surface area contributed by atoms with Gasteiger partial charge in [-0.25, -0.2) is 0 Å². The number of halogens is 2. The van der Waals surface area contributed by atoms with Crippen molar-refractivity contribution >= 4 is 5.96 Å². The number of rotatable bonds is 8. The summed E-state index contributed by atoms with van der Waals surface area (Å²) in [5.41, 5.74) is 2.03. The first-order valence-corrected chi connectivity index (χ1v) is 8.58. The Morgan fingerprint density at radius 1 is 1.30 bits per heavy atom. The Kier molecular flexibility index (Phi) is 7.45. The fraction of sp³-hybridized carbons (Fsp3) is 0.421. The lowest BCUT2D eigenvalue weighted by Crippen LogP contribution is -2.39. The van der Waals surface area contributed by atoms with Crippen LogP contribution in [0.1, 0.15) is 11.3 Å². The van der Waals surface area contributed by atoms with Gasteiger partial charge in [-0.3, -0.25) is 4.99 Å². The Labute approximate surface area is 158 Å². The van der Waals surface area contributed by atoms with Crippen molar-refractivity contribution in [3.63, 3.8) is 0 Å². The highest BCUT2D eigenvalue weighted by Crippen LogP contribution is 2.29. The third-order valence-corrected chi connectivity index (χ3v) is 4.16. The van der Waals surface area contributed by atoms with Gasteiger partial charge in [-0.2, -0.15) is 8.78 Å². The Morgan fingerprint density at radius 3 is 2.67 bits per heavy atom. The number of alkyl halides is 2. The smallest absolute Gasteiger partial charge is 0.387 e. The van der Waals surface area contributed by atoms with Crippen LogP contribution in [-0.4, -0.2) is 49.8 Å². The summed E-state index contributed by atoms with van der Waals surface area (Å²) in [6.45, 7) is -1.57. The maximum Gasteiger partial charge on any atom is 0.387 e. The maximum atomic E-state index is 12.5. The molecule has 0 fully saturated rings. The molecule has 148 valence electrons. The second-order valence-electron chi connectivity index (χ2n) is 6.05. The summed E-state index contributed by atoms with van der Waals surface area (Å²) < 4.78 is 36.7. The number of nitrogens with one attached hydrogen (secondary N) is 1. The van der Waals surface area contributed by atoms with E-state index >= 15 is 0 Å². The summed E-state index contributed by atoms with van der Waals surface area (Å²) in [6.07, 6.45) is 2.63. The van der Waals surface area contributed by atoms with E-state index in [0.29, 0.717) is 13.0 Å². The molecule has 0 radical (unpaired) electrons. The molecular weight excluding hydrogens is 354 g/mol. The van der Waals surface area contributed by atoms with E-state index in [1.165, 1.54) is 12.8 Å². The van der Waals surface area contributed by atoms with Gasteiger partial charge >= 0.3 is 6.61 Å². The van der Waals surface area contributed by atoms with Crippen molar-refractivity contribution in [3.8, 4) is 11.5 Å². The average Bonchev–Trinajstić information content (AvgIpc) is 3.03. The molecule has 0 aliphatic carbocycles. The molecule has 0 aliphatic heterocycles. The Hall–Kier alpha value is -2.77. The van der Waals surface area contributed by atoms with Crippen LogP contribution in [0.3, 0.4) is 0 Å². The zero-order chi connectivity index (χ0) is 19.8. The third kappa shape index (κ3) is 5.87. The summed E-state index contributed by atoms with van der Waals surface area (Å²) in [5, 5.41) is 3.28. The standard InChI is InChI=1S/C19H26F2N4O2/c1-22-19(25(3)13-15-6-5-11-24(15)2)23-10-9-14-7-8-16(26-4)17(12-14)27-18(20)21/h5-8,11-12,18H,9-10,13H2,1-4H3,(H,22,23). The zero-order valence-corrected chi connectivity index (χ0v) is 16.1. The SMILES string of the molecule is CN=C(NCCc1ccc(OC)c(OC(F)F)c1)N(C)Cc1cccn1C. The Morgan fingerprint density at radius 2 is 2.07 bits per heavy atom. The molecule has 1 aromatic heterocycles. The Bertz CT molecular complexity index is 762. The van der Waals surface area contributed by atoms with Crippen LogP contribution in [0, 0.1) is 0 Å². The van der Waals surface area contributed by atoms with Crippen molar-refractivity contribution in [1.29, 1.82) is 0 Å². The van der Waals surface area contributed by atoms with E-state index in [4.69, 9.17) is 4.74 Å². The van der Waals surface area contributed by atoms with Gasteiger partial charge in [0.15, 0.2) is 17.5 Å². The molecule has 0 unspecified atom stereocenters. The van der Waals surface area contributed by atoms with E-state index in [9.17, 15) is 8.78 Å². The molecule has 0 spiro atoms. The molecule has 2 rings (SSSR count). The van der Waals surface area contributed by atoms with Gasteiger partial charge < -0.3 is 24.3 Å². The van der Waals surface area contributed by atoms with Gasteiger partial charge in [-0.05, 0) is 36.2 Å². The van der Waals surface area contributed by atoms with Crippen molar-refractivity contribution in [1.82, 2.24) is 14.8 Å². The van der Waals surface area contributed by atoms with E-state index in [0.717, 1.165) is 18.1 Å². The van der Waals surface area contributed by atoms with Crippen LogP contribution in [0.25, 0.3) is 0 Å². The summed E-state index contributed by atoms with van der Waals surface area (Å²) >= 11 is 0. The molecule has 1 heterocycles. The minimum atomic E-state index is -2.89. The number of hydrogen-bond donors (Lipinski definition) is 1. The summed E-state index contributed by atoms with van der Waals surface area (Å²) in [4.78, 5) is 6.31. The number of guanidine groups is 1. The van der Waals surface area contributed by atoms with Crippen LogP contribution in [-0.2, 0) is 20.0 Å². The zero-order valence-electron chi connectivity index (χ0n) is 16.1. The van der Waals surface area contributed by atoms with Crippen LogP contribution in [0.15, 0.2) is 41.5 Å². The fourth-order valence-corrected chi connectivity index (χ4v) is 2.75. The van der Waals surface area contributed by atoms with E-state index in [2.05, 4.69) is 25.7 Å². The molecule has 0 saturated heterocycles. The van der Waals surface area contributed by atoms with Gasteiger partial charge in [0.1, 0.15) is 0 Å². The van der Waals surface area contributed by atoms with Crippen molar-refractivity contribution in [2.45, 2.75) is 19.6 Å². The molecule has 0 saturated carbocycles. The quantitative estimate of drug-likeness (QED) is 0.565. The van der Waals surface area contributed by atoms with Crippen molar-refractivity contribution in [3.05, 3.63) is 47.8 Å². The first-order valence-electron chi connectivity index (χ1n) is 8.58. The molecular formula is C19H26F2N4O2. The predicted octanol–water partition coefficient (Wildman–Crippen LogP) is 2.89. The number of aliphatic imine (C=N–C) groups is 1. The van der Waals surface area contributed by atoms with Gasteiger partial charge in [0.2, 0.25) is 0 Å². The minimum Gasteiger partial charge on any atom is -0.493 e. The molecule has 6 nitrogen and oxygen atoms in total. The van der Waals surface area contributed by atoms with Gasteiger partial charge in [0.05, 0.1) is 13.7 Å². The number of methoxy groups -OCH3 is 1. The molecule has 0 amide bonds. The number of aromatic nitrogens is 1. The van der Waals surface area contributed by atoms with Gasteiger partial charge in [-0.1, -0.05) is 6.07 Å². The Balaban J connectivity index is 1.92. The summed E-state index contributed by atoms with van der Waals surface area (Å²) in [7, 11) is 7.11. The molecule has 1 aromatic carbocycles. The van der Waals surface area contributed by atoms with Gasteiger partial charge in [-0.15, -0.1) is 0 Å². The lowest BCUT2D eigenvalue weighted by Gasteiger charge is -2.22. The summed E-state index contributed by atoms with van der Waals surface area (Å²) in [5.74, 6) is 1.08. The predicted molar refractivity (Wildman–Crippen MR) is 102 cm³/mol. The molecule has 1 N–H and O–H groups in total. The molecule has 27 heavy (non-hydrogen) atoms. The van der Waals surface area contributed by atoms with Gasteiger partial charge in [0.25, 0.3) is 0 Å². The van der Waals surface area contributed by atoms with Crippen molar-refractivity contribution < 1.29 is 18.3 Å². The minimum absolute atomic E-state index is 0.0372. The first kappa shape index (κ1) is 20.5. The lowest BCUT2D eigenvalue weighted by molar-refractivity contribution is -0.0512. The van der Waals surface area contributed by atoms with Crippen LogP contribution >= 0.6 is 0 Å². The van der Waals surface area contributed by atoms with E-state index in [1.807, 2.05) is 37.3 Å². The number of nitrogens with zero attached hydrogens (tertiary/aromatic N) is 3. The van der Waals surface area contributed by atoms with Crippen LogP contribution in [0.5, 0.6) is 11.5 Å². The van der Waals surface area contributed by atoms with Crippen molar-refractivity contribution in [2.75, 3.05) is 27.7 Å².